The molecule has 7 nitrogen and oxygen atoms in total. The highest BCUT2D eigenvalue weighted by molar-refractivity contribution is 7.92. The predicted octanol–water partition coefficient (Wildman–Crippen LogP) is 2.27. The SMILES string of the molecule is CC(C)S(=O)(=O)c1ccc(CC(=O)N2CCCC(Oc3cnccn3)C2)cc1. The summed E-state index contributed by atoms with van der Waals surface area (Å²) in [6.45, 7) is 4.51. The van der Waals surface area contributed by atoms with Crippen LogP contribution in [0.2, 0.25) is 0 Å². The van der Waals surface area contributed by atoms with Crippen LogP contribution in [0.5, 0.6) is 5.88 Å². The summed E-state index contributed by atoms with van der Waals surface area (Å²) >= 11 is 0. The molecule has 1 aliphatic heterocycles. The Morgan fingerprint density at radius 2 is 2.00 bits per heavy atom. The van der Waals surface area contributed by atoms with Crippen LogP contribution in [-0.4, -0.2) is 53.6 Å². The molecule has 2 heterocycles. The molecule has 150 valence electrons. The number of hydrogen-bond donors (Lipinski definition) is 0. The molecule has 1 aromatic carbocycles. The van der Waals surface area contributed by atoms with Gasteiger partial charge in [-0.15, -0.1) is 0 Å². The number of amides is 1. The molecule has 3 rings (SSSR count). The number of rotatable bonds is 6. The van der Waals surface area contributed by atoms with Crippen LogP contribution in [0.15, 0.2) is 47.8 Å². The van der Waals surface area contributed by atoms with E-state index in [1.54, 1.807) is 61.6 Å². The highest BCUT2D eigenvalue weighted by Gasteiger charge is 2.25. The molecule has 1 saturated heterocycles. The standard InChI is InChI=1S/C20H25N3O4S/c1-15(2)28(25,26)18-7-5-16(6-8-18)12-20(24)23-11-3-4-17(14-23)27-19-13-21-9-10-22-19/h5-10,13,15,17H,3-4,11-12,14H2,1-2H3. The summed E-state index contributed by atoms with van der Waals surface area (Å²) in [6, 6.07) is 6.58. The summed E-state index contributed by atoms with van der Waals surface area (Å²) in [6.07, 6.45) is 6.58. The molecule has 1 aliphatic rings. The second-order valence-corrected chi connectivity index (χ2v) is 9.68. The van der Waals surface area contributed by atoms with Gasteiger partial charge < -0.3 is 9.64 Å². The number of piperidine rings is 1. The third kappa shape index (κ3) is 4.86. The number of aromatic nitrogens is 2. The van der Waals surface area contributed by atoms with Gasteiger partial charge >= 0.3 is 0 Å². The first-order chi connectivity index (χ1) is 13.4. The first kappa shape index (κ1) is 20.3. The van der Waals surface area contributed by atoms with Crippen molar-refractivity contribution in [3.8, 4) is 5.88 Å². The van der Waals surface area contributed by atoms with Gasteiger partial charge in [0.25, 0.3) is 0 Å². The molecule has 1 amide bonds. The lowest BCUT2D eigenvalue weighted by atomic mass is 10.1. The topological polar surface area (TPSA) is 89.5 Å². The largest absolute Gasteiger partial charge is 0.471 e. The fourth-order valence-electron chi connectivity index (χ4n) is 3.13. The summed E-state index contributed by atoms with van der Waals surface area (Å²) in [4.78, 5) is 22.9. The molecule has 0 radical (unpaired) electrons. The highest BCUT2D eigenvalue weighted by atomic mass is 32.2. The van der Waals surface area contributed by atoms with E-state index in [-0.39, 0.29) is 23.3 Å². The van der Waals surface area contributed by atoms with E-state index in [0.717, 1.165) is 18.4 Å². The van der Waals surface area contributed by atoms with Crippen LogP contribution < -0.4 is 4.74 Å². The van der Waals surface area contributed by atoms with Crippen molar-refractivity contribution < 1.29 is 17.9 Å². The normalized spacial score (nSPS) is 17.5. The molecule has 1 aromatic heterocycles. The van der Waals surface area contributed by atoms with Crippen LogP contribution in [0.25, 0.3) is 0 Å². The molecule has 1 unspecified atom stereocenters. The van der Waals surface area contributed by atoms with Crippen molar-refractivity contribution in [2.75, 3.05) is 13.1 Å². The molecule has 28 heavy (non-hydrogen) atoms. The van der Waals surface area contributed by atoms with E-state index in [1.807, 2.05) is 0 Å². The molecule has 0 bridgehead atoms. The predicted molar refractivity (Wildman–Crippen MR) is 105 cm³/mol. The van der Waals surface area contributed by atoms with Gasteiger partial charge in [-0.2, -0.15) is 0 Å². The quantitative estimate of drug-likeness (QED) is 0.735. The van der Waals surface area contributed by atoms with E-state index in [9.17, 15) is 13.2 Å². The fourth-order valence-corrected chi connectivity index (χ4v) is 4.19. The first-order valence-electron chi connectivity index (χ1n) is 9.39. The van der Waals surface area contributed by atoms with Gasteiger partial charge in [-0.1, -0.05) is 12.1 Å². The Hall–Kier alpha value is -2.48. The zero-order valence-electron chi connectivity index (χ0n) is 16.1. The summed E-state index contributed by atoms with van der Waals surface area (Å²) in [7, 11) is -3.30. The van der Waals surface area contributed by atoms with E-state index >= 15 is 0 Å². The zero-order chi connectivity index (χ0) is 20.1. The maximum atomic E-state index is 12.7. The number of nitrogens with zero attached hydrogens (tertiary/aromatic N) is 3. The Bertz CT molecular complexity index is 899. The van der Waals surface area contributed by atoms with Gasteiger partial charge in [0.15, 0.2) is 9.84 Å². The molecule has 2 aromatic rings. The van der Waals surface area contributed by atoms with Crippen LogP contribution in [0.1, 0.15) is 32.3 Å². The minimum atomic E-state index is -3.30. The molecule has 8 heteroatoms. The van der Waals surface area contributed by atoms with Crippen molar-refractivity contribution in [2.24, 2.45) is 0 Å². The number of carbonyl (C=O) groups is 1. The number of carbonyl (C=O) groups excluding carboxylic acids is 1. The van der Waals surface area contributed by atoms with Gasteiger partial charge in [0.2, 0.25) is 11.8 Å². The van der Waals surface area contributed by atoms with Crippen molar-refractivity contribution >= 4 is 15.7 Å². The van der Waals surface area contributed by atoms with Gasteiger partial charge in [-0.05, 0) is 44.4 Å². The van der Waals surface area contributed by atoms with E-state index in [4.69, 9.17) is 4.74 Å². The molecule has 0 N–H and O–H groups in total. The molecular formula is C20H25N3O4S. The van der Waals surface area contributed by atoms with Gasteiger partial charge in [-0.3, -0.25) is 9.78 Å². The van der Waals surface area contributed by atoms with Crippen molar-refractivity contribution in [3.05, 3.63) is 48.4 Å². The monoisotopic (exact) mass is 403 g/mol. The minimum Gasteiger partial charge on any atom is -0.471 e. The Balaban J connectivity index is 1.59. The Kier molecular flexibility index (Phi) is 6.28. The van der Waals surface area contributed by atoms with Gasteiger partial charge in [-0.25, -0.2) is 13.4 Å². The number of sulfone groups is 1. The number of likely N-dealkylation sites (tertiary alicyclic amines) is 1. The van der Waals surface area contributed by atoms with Crippen molar-refractivity contribution in [1.29, 1.82) is 0 Å². The summed E-state index contributed by atoms with van der Waals surface area (Å²) < 4.78 is 30.2. The summed E-state index contributed by atoms with van der Waals surface area (Å²) in [5.41, 5.74) is 0.796. The summed E-state index contributed by atoms with van der Waals surface area (Å²) in [5, 5.41) is -0.473. The van der Waals surface area contributed by atoms with Crippen LogP contribution in [-0.2, 0) is 21.1 Å². The van der Waals surface area contributed by atoms with Crippen LogP contribution in [0.4, 0.5) is 0 Å². The van der Waals surface area contributed by atoms with E-state index in [2.05, 4.69) is 9.97 Å². The molecular weight excluding hydrogens is 378 g/mol. The molecule has 0 aliphatic carbocycles. The van der Waals surface area contributed by atoms with Gasteiger partial charge in [0.05, 0.1) is 29.3 Å². The lowest BCUT2D eigenvalue weighted by Crippen LogP contribution is -2.45. The fraction of sp³-hybridized carbons (Fsp3) is 0.450. The third-order valence-electron chi connectivity index (χ3n) is 4.79. The Morgan fingerprint density at radius 1 is 1.25 bits per heavy atom. The molecule has 1 fully saturated rings. The number of benzene rings is 1. The minimum absolute atomic E-state index is 0.00640. The Labute approximate surface area is 165 Å². The van der Waals surface area contributed by atoms with Crippen LogP contribution in [0.3, 0.4) is 0 Å². The summed E-state index contributed by atoms with van der Waals surface area (Å²) in [5.74, 6) is 0.468. The van der Waals surface area contributed by atoms with E-state index in [0.29, 0.717) is 19.0 Å². The smallest absolute Gasteiger partial charge is 0.232 e. The van der Waals surface area contributed by atoms with E-state index in [1.165, 1.54) is 0 Å². The maximum Gasteiger partial charge on any atom is 0.232 e. The number of ether oxygens (including phenoxy) is 1. The van der Waals surface area contributed by atoms with Gasteiger partial charge in [0.1, 0.15) is 6.10 Å². The lowest BCUT2D eigenvalue weighted by molar-refractivity contribution is -0.133. The Morgan fingerprint density at radius 3 is 2.64 bits per heavy atom. The van der Waals surface area contributed by atoms with Crippen LogP contribution >= 0.6 is 0 Å². The molecule has 0 saturated carbocycles. The molecule has 0 spiro atoms. The zero-order valence-corrected chi connectivity index (χ0v) is 16.9. The number of hydrogen-bond acceptors (Lipinski definition) is 6. The maximum absolute atomic E-state index is 12.7. The van der Waals surface area contributed by atoms with Crippen molar-refractivity contribution in [1.82, 2.24) is 14.9 Å². The van der Waals surface area contributed by atoms with E-state index < -0.39 is 15.1 Å². The lowest BCUT2D eigenvalue weighted by Gasteiger charge is -2.32. The van der Waals surface area contributed by atoms with Crippen molar-refractivity contribution in [3.63, 3.8) is 0 Å². The van der Waals surface area contributed by atoms with Gasteiger partial charge in [0, 0.05) is 18.9 Å². The average molecular weight is 404 g/mol. The molecule has 1 atom stereocenters. The average Bonchev–Trinajstić information content (AvgIpc) is 2.69. The van der Waals surface area contributed by atoms with Crippen molar-refractivity contribution in [2.45, 2.75) is 49.4 Å². The highest BCUT2D eigenvalue weighted by Crippen LogP contribution is 2.19. The second-order valence-electron chi connectivity index (χ2n) is 7.18. The third-order valence-corrected chi connectivity index (χ3v) is 6.96. The first-order valence-corrected chi connectivity index (χ1v) is 10.9. The van der Waals surface area contributed by atoms with Crippen LogP contribution in [0, 0.1) is 0 Å². The second kappa shape index (κ2) is 8.68.